The smallest absolute Gasteiger partial charge is 0.243 e. The summed E-state index contributed by atoms with van der Waals surface area (Å²) in [6.07, 6.45) is 3.14. The minimum Gasteiger partial charge on any atom is -0.455 e. The van der Waals surface area contributed by atoms with Gasteiger partial charge in [0.2, 0.25) is 15.9 Å². The molecule has 1 aliphatic heterocycles. The second-order valence-corrected chi connectivity index (χ2v) is 9.03. The average Bonchev–Trinajstić information content (AvgIpc) is 2.76. The van der Waals surface area contributed by atoms with Crippen LogP contribution >= 0.6 is 0 Å². The van der Waals surface area contributed by atoms with Gasteiger partial charge >= 0.3 is 0 Å². The van der Waals surface area contributed by atoms with E-state index in [2.05, 4.69) is 12.2 Å². The molecule has 1 aliphatic rings. The molecule has 162 valence electrons. The van der Waals surface area contributed by atoms with E-state index in [1.165, 1.54) is 16.4 Å². The summed E-state index contributed by atoms with van der Waals surface area (Å²) >= 11 is 0. The molecule has 1 N–H and O–H groups in total. The summed E-state index contributed by atoms with van der Waals surface area (Å²) in [7, 11) is -3.68. The third-order valence-electron chi connectivity index (χ3n) is 4.81. The lowest BCUT2D eigenvalue weighted by Crippen LogP contribution is -2.40. The molecule has 2 aromatic carbocycles. The lowest BCUT2D eigenvalue weighted by molar-refractivity contribution is -0.116. The summed E-state index contributed by atoms with van der Waals surface area (Å²) in [5.41, 5.74) is 0.342. The van der Waals surface area contributed by atoms with Crippen molar-refractivity contribution in [2.24, 2.45) is 0 Å². The van der Waals surface area contributed by atoms with Crippen LogP contribution in [0.3, 0.4) is 0 Å². The van der Waals surface area contributed by atoms with Crippen molar-refractivity contribution in [2.45, 2.75) is 37.5 Å². The first-order valence-corrected chi connectivity index (χ1v) is 11.7. The highest BCUT2D eigenvalue weighted by molar-refractivity contribution is 7.89. The molecule has 30 heavy (non-hydrogen) atoms. The van der Waals surface area contributed by atoms with Crippen LogP contribution in [0.2, 0.25) is 0 Å². The lowest BCUT2D eigenvalue weighted by Gasteiger charge is -2.26. The molecule has 0 radical (unpaired) electrons. The number of morpholine rings is 1. The zero-order valence-electron chi connectivity index (χ0n) is 17.2. The van der Waals surface area contributed by atoms with Gasteiger partial charge in [-0.1, -0.05) is 38.0 Å². The molecule has 7 nitrogen and oxygen atoms in total. The number of hydrogen-bond acceptors (Lipinski definition) is 5. The zero-order chi connectivity index (χ0) is 21.4. The summed E-state index contributed by atoms with van der Waals surface area (Å²) < 4.78 is 38.6. The first-order valence-electron chi connectivity index (χ1n) is 10.3. The molecule has 0 aromatic heterocycles. The van der Waals surface area contributed by atoms with E-state index in [0.29, 0.717) is 49.9 Å². The second kappa shape index (κ2) is 10.6. The number of hydrogen-bond donors (Lipinski definition) is 1. The van der Waals surface area contributed by atoms with Crippen molar-refractivity contribution in [2.75, 3.05) is 31.6 Å². The van der Waals surface area contributed by atoms with Crippen LogP contribution in [0.1, 0.15) is 32.6 Å². The van der Waals surface area contributed by atoms with Crippen LogP contribution in [0.25, 0.3) is 0 Å². The molecule has 1 fully saturated rings. The standard InChI is InChI=1S/C22H28N2O5S/c1-2-3-5-10-22(25)23-20-17-19(30(26,27)24-13-15-28-16-14-24)11-12-21(20)29-18-8-6-4-7-9-18/h4,6-9,11-12,17H,2-3,5,10,13-16H2,1H3,(H,23,25). The monoisotopic (exact) mass is 432 g/mol. The van der Waals surface area contributed by atoms with Gasteiger partial charge in [-0.2, -0.15) is 4.31 Å². The molecule has 1 saturated heterocycles. The van der Waals surface area contributed by atoms with Gasteiger partial charge in [0.1, 0.15) is 5.75 Å². The number of para-hydroxylation sites is 1. The van der Waals surface area contributed by atoms with E-state index in [0.717, 1.165) is 19.3 Å². The van der Waals surface area contributed by atoms with Crippen LogP contribution in [0, 0.1) is 0 Å². The van der Waals surface area contributed by atoms with E-state index >= 15 is 0 Å². The first-order chi connectivity index (χ1) is 14.5. The zero-order valence-corrected chi connectivity index (χ0v) is 18.0. The summed E-state index contributed by atoms with van der Waals surface area (Å²) in [4.78, 5) is 12.5. The van der Waals surface area contributed by atoms with Gasteiger partial charge in [0, 0.05) is 19.5 Å². The number of nitrogens with one attached hydrogen (secondary N) is 1. The fourth-order valence-electron chi connectivity index (χ4n) is 3.16. The van der Waals surface area contributed by atoms with E-state index in [1.807, 2.05) is 18.2 Å². The number of anilines is 1. The third-order valence-corrected chi connectivity index (χ3v) is 6.71. The van der Waals surface area contributed by atoms with E-state index in [9.17, 15) is 13.2 Å². The van der Waals surface area contributed by atoms with Crippen molar-refractivity contribution >= 4 is 21.6 Å². The topological polar surface area (TPSA) is 84.9 Å². The van der Waals surface area contributed by atoms with Crippen molar-refractivity contribution in [1.29, 1.82) is 0 Å². The Morgan fingerprint density at radius 1 is 1.10 bits per heavy atom. The van der Waals surface area contributed by atoms with Gasteiger partial charge < -0.3 is 14.8 Å². The van der Waals surface area contributed by atoms with Gasteiger partial charge in [-0.25, -0.2) is 8.42 Å². The van der Waals surface area contributed by atoms with Crippen LogP contribution in [0.5, 0.6) is 11.5 Å². The molecular formula is C22H28N2O5S. The minimum absolute atomic E-state index is 0.119. The van der Waals surface area contributed by atoms with E-state index < -0.39 is 10.0 Å². The van der Waals surface area contributed by atoms with Gasteiger partial charge in [-0.3, -0.25) is 4.79 Å². The number of benzene rings is 2. The normalized spacial score (nSPS) is 15.0. The van der Waals surface area contributed by atoms with Gasteiger partial charge in [0.05, 0.1) is 23.8 Å². The highest BCUT2D eigenvalue weighted by atomic mass is 32.2. The highest BCUT2D eigenvalue weighted by Gasteiger charge is 2.27. The Morgan fingerprint density at radius 2 is 1.83 bits per heavy atom. The van der Waals surface area contributed by atoms with Crippen molar-refractivity contribution in [1.82, 2.24) is 4.31 Å². The van der Waals surface area contributed by atoms with Gasteiger partial charge in [0.15, 0.2) is 5.75 Å². The average molecular weight is 433 g/mol. The number of rotatable bonds is 9. The summed E-state index contributed by atoms with van der Waals surface area (Å²) in [5, 5.41) is 2.83. The van der Waals surface area contributed by atoms with Gasteiger partial charge in [0.25, 0.3) is 0 Å². The molecular weight excluding hydrogens is 404 g/mol. The van der Waals surface area contributed by atoms with Crippen LogP contribution in [-0.2, 0) is 19.6 Å². The fourth-order valence-corrected chi connectivity index (χ4v) is 4.59. The number of carbonyl (C=O) groups is 1. The first kappa shape index (κ1) is 22.3. The van der Waals surface area contributed by atoms with Crippen LogP contribution in [-0.4, -0.2) is 44.9 Å². The Kier molecular flexibility index (Phi) is 7.84. The molecule has 0 atom stereocenters. The molecule has 0 saturated carbocycles. The number of unbranched alkanes of at least 4 members (excludes halogenated alkanes) is 2. The number of ether oxygens (including phenoxy) is 2. The molecule has 2 aromatic rings. The predicted octanol–water partition coefficient (Wildman–Crippen LogP) is 4.02. The lowest BCUT2D eigenvalue weighted by atomic mass is 10.2. The molecule has 0 unspecified atom stereocenters. The van der Waals surface area contributed by atoms with Crippen LogP contribution < -0.4 is 10.1 Å². The highest BCUT2D eigenvalue weighted by Crippen LogP contribution is 2.33. The summed E-state index contributed by atoms with van der Waals surface area (Å²) in [6.45, 7) is 3.43. The molecule has 0 bridgehead atoms. The molecule has 0 spiro atoms. The van der Waals surface area contributed by atoms with Gasteiger partial charge in [-0.15, -0.1) is 0 Å². The maximum Gasteiger partial charge on any atom is 0.243 e. The Morgan fingerprint density at radius 3 is 2.53 bits per heavy atom. The maximum absolute atomic E-state index is 13.0. The Labute approximate surface area is 178 Å². The van der Waals surface area contributed by atoms with Crippen molar-refractivity contribution < 1.29 is 22.7 Å². The Bertz CT molecular complexity index is 941. The fraction of sp³-hybridized carbons (Fsp3) is 0.409. The Balaban J connectivity index is 1.87. The maximum atomic E-state index is 13.0. The van der Waals surface area contributed by atoms with E-state index in [4.69, 9.17) is 9.47 Å². The van der Waals surface area contributed by atoms with Gasteiger partial charge in [-0.05, 0) is 36.8 Å². The number of carbonyl (C=O) groups excluding carboxylic acids is 1. The quantitative estimate of drug-likeness (QED) is 0.605. The van der Waals surface area contributed by atoms with Crippen molar-refractivity contribution in [3.8, 4) is 11.5 Å². The molecule has 1 heterocycles. The summed E-state index contributed by atoms with van der Waals surface area (Å²) in [5.74, 6) is 0.830. The Hall–Kier alpha value is -2.42. The van der Waals surface area contributed by atoms with Crippen molar-refractivity contribution in [3.05, 3.63) is 48.5 Å². The molecule has 3 rings (SSSR count). The molecule has 0 aliphatic carbocycles. The SMILES string of the molecule is CCCCCC(=O)Nc1cc(S(=O)(=O)N2CCOCC2)ccc1Oc1ccccc1. The second-order valence-electron chi connectivity index (χ2n) is 7.09. The number of amides is 1. The third kappa shape index (κ3) is 5.81. The predicted molar refractivity (Wildman–Crippen MR) is 115 cm³/mol. The van der Waals surface area contributed by atoms with Crippen LogP contribution in [0.15, 0.2) is 53.4 Å². The van der Waals surface area contributed by atoms with E-state index in [-0.39, 0.29) is 10.8 Å². The molecule has 1 amide bonds. The summed E-state index contributed by atoms with van der Waals surface area (Å²) in [6, 6.07) is 13.7. The van der Waals surface area contributed by atoms with E-state index in [1.54, 1.807) is 18.2 Å². The number of sulfonamides is 1. The van der Waals surface area contributed by atoms with Crippen LogP contribution in [0.4, 0.5) is 5.69 Å². The van der Waals surface area contributed by atoms with Crippen molar-refractivity contribution in [3.63, 3.8) is 0 Å². The largest absolute Gasteiger partial charge is 0.455 e. The number of nitrogens with zero attached hydrogens (tertiary/aromatic N) is 1. The molecule has 8 heteroatoms. The minimum atomic E-state index is -3.68.